The zero-order chi connectivity index (χ0) is 14.2. The third-order valence-electron chi connectivity index (χ3n) is 2.97. The molecule has 1 amide bonds. The summed E-state index contributed by atoms with van der Waals surface area (Å²) in [5, 5.41) is 6.67. The van der Waals surface area contributed by atoms with Crippen LogP contribution in [-0.2, 0) is 7.05 Å². The fourth-order valence-corrected chi connectivity index (χ4v) is 1.93. The van der Waals surface area contributed by atoms with Crippen LogP contribution in [0.2, 0.25) is 0 Å². The smallest absolute Gasteiger partial charge is 0.259 e. The molecule has 100 valence electrons. The van der Waals surface area contributed by atoms with Crippen LogP contribution in [0, 0.1) is 19.7 Å². The number of nitrogens with one attached hydrogen (secondary N) is 1. The highest BCUT2D eigenvalue weighted by atomic mass is 19.1. The molecule has 0 atom stereocenters. The Morgan fingerprint density at radius 3 is 2.68 bits per heavy atom. The van der Waals surface area contributed by atoms with Gasteiger partial charge in [0.2, 0.25) is 0 Å². The second-order valence-corrected chi connectivity index (χ2v) is 4.36. The standard InChI is InChI=1S/C13H15FN4O/c1-7-12(8(2)18(3)17-7)13(19)16-11-6-9(15)4-5-10(11)14/h4-6H,15H2,1-3H3,(H,16,19). The molecule has 0 bridgehead atoms. The molecule has 19 heavy (non-hydrogen) atoms. The molecule has 0 saturated carbocycles. The minimum Gasteiger partial charge on any atom is -0.399 e. The SMILES string of the molecule is Cc1nn(C)c(C)c1C(=O)Nc1cc(N)ccc1F. The molecule has 2 aromatic rings. The summed E-state index contributed by atoms with van der Waals surface area (Å²) in [4.78, 5) is 12.2. The number of rotatable bonds is 2. The Morgan fingerprint density at radius 2 is 2.11 bits per heavy atom. The lowest BCUT2D eigenvalue weighted by Crippen LogP contribution is -2.15. The van der Waals surface area contributed by atoms with Crippen molar-refractivity contribution in [3.63, 3.8) is 0 Å². The van der Waals surface area contributed by atoms with Gasteiger partial charge in [0.15, 0.2) is 0 Å². The Labute approximate surface area is 110 Å². The Bertz CT molecular complexity index is 648. The van der Waals surface area contributed by atoms with E-state index in [0.717, 1.165) is 5.69 Å². The van der Waals surface area contributed by atoms with Crippen LogP contribution in [-0.4, -0.2) is 15.7 Å². The molecule has 1 heterocycles. The quantitative estimate of drug-likeness (QED) is 0.813. The van der Waals surface area contributed by atoms with E-state index in [2.05, 4.69) is 10.4 Å². The summed E-state index contributed by atoms with van der Waals surface area (Å²) in [6.45, 7) is 3.52. The van der Waals surface area contributed by atoms with Gasteiger partial charge >= 0.3 is 0 Å². The first-order valence-electron chi connectivity index (χ1n) is 5.76. The van der Waals surface area contributed by atoms with Crippen molar-refractivity contribution in [1.29, 1.82) is 0 Å². The maximum atomic E-state index is 13.6. The van der Waals surface area contributed by atoms with E-state index in [1.165, 1.54) is 18.2 Å². The molecule has 0 aliphatic heterocycles. The fraction of sp³-hybridized carbons (Fsp3) is 0.231. The predicted octanol–water partition coefficient (Wildman–Crippen LogP) is 2.01. The molecule has 5 nitrogen and oxygen atoms in total. The van der Waals surface area contributed by atoms with Gasteiger partial charge in [-0.05, 0) is 32.0 Å². The molecule has 1 aromatic heterocycles. The van der Waals surface area contributed by atoms with Crippen molar-refractivity contribution in [2.45, 2.75) is 13.8 Å². The summed E-state index contributed by atoms with van der Waals surface area (Å²) in [5.41, 5.74) is 7.79. The molecule has 0 aliphatic rings. The van der Waals surface area contributed by atoms with Gasteiger partial charge in [-0.1, -0.05) is 0 Å². The minimum absolute atomic E-state index is 0.0626. The van der Waals surface area contributed by atoms with Gasteiger partial charge in [0.1, 0.15) is 5.82 Å². The lowest BCUT2D eigenvalue weighted by atomic mass is 10.1. The van der Waals surface area contributed by atoms with Crippen molar-refractivity contribution in [2.24, 2.45) is 7.05 Å². The number of nitrogens with zero attached hydrogens (tertiary/aromatic N) is 2. The molecule has 1 aromatic carbocycles. The Hall–Kier alpha value is -2.37. The fourth-order valence-electron chi connectivity index (χ4n) is 1.93. The molecule has 3 N–H and O–H groups in total. The van der Waals surface area contributed by atoms with Crippen LogP contribution in [0.25, 0.3) is 0 Å². The van der Waals surface area contributed by atoms with Crippen LogP contribution >= 0.6 is 0 Å². The number of benzene rings is 1. The Morgan fingerprint density at radius 1 is 1.42 bits per heavy atom. The number of anilines is 2. The molecular formula is C13H15FN4O. The topological polar surface area (TPSA) is 72.9 Å². The average Bonchev–Trinajstić information content (AvgIpc) is 2.58. The molecule has 0 unspecified atom stereocenters. The van der Waals surface area contributed by atoms with Gasteiger partial charge in [0.25, 0.3) is 5.91 Å². The van der Waals surface area contributed by atoms with Crippen molar-refractivity contribution >= 4 is 17.3 Å². The molecule has 6 heteroatoms. The van der Waals surface area contributed by atoms with E-state index >= 15 is 0 Å². The van der Waals surface area contributed by atoms with Gasteiger partial charge in [-0.3, -0.25) is 9.48 Å². The van der Waals surface area contributed by atoms with E-state index in [0.29, 0.717) is 16.9 Å². The van der Waals surface area contributed by atoms with E-state index in [9.17, 15) is 9.18 Å². The highest BCUT2D eigenvalue weighted by Crippen LogP contribution is 2.20. The first kappa shape index (κ1) is 13.1. The summed E-state index contributed by atoms with van der Waals surface area (Å²) < 4.78 is 15.2. The lowest BCUT2D eigenvalue weighted by molar-refractivity contribution is 0.102. The first-order valence-corrected chi connectivity index (χ1v) is 5.76. The zero-order valence-electron chi connectivity index (χ0n) is 11.0. The molecule has 0 aliphatic carbocycles. The van der Waals surface area contributed by atoms with Gasteiger partial charge in [-0.15, -0.1) is 0 Å². The predicted molar refractivity (Wildman–Crippen MR) is 71.4 cm³/mol. The number of amides is 1. The third-order valence-corrected chi connectivity index (χ3v) is 2.97. The van der Waals surface area contributed by atoms with Crippen LogP contribution < -0.4 is 11.1 Å². The number of carbonyl (C=O) groups is 1. The number of hydrogen-bond acceptors (Lipinski definition) is 3. The number of halogens is 1. The van der Waals surface area contributed by atoms with Crippen LogP contribution in [0.15, 0.2) is 18.2 Å². The molecule has 0 saturated heterocycles. The van der Waals surface area contributed by atoms with E-state index in [1.807, 2.05) is 0 Å². The monoisotopic (exact) mass is 262 g/mol. The van der Waals surface area contributed by atoms with Crippen molar-refractivity contribution in [3.8, 4) is 0 Å². The highest BCUT2D eigenvalue weighted by molar-refractivity contribution is 6.06. The Kier molecular flexibility index (Phi) is 3.25. The maximum absolute atomic E-state index is 13.6. The first-order chi connectivity index (χ1) is 8.90. The van der Waals surface area contributed by atoms with Gasteiger partial charge in [0.05, 0.1) is 16.9 Å². The zero-order valence-corrected chi connectivity index (χ0v) is 11.0. The van der Waals surface area contributed by atoms with E-state index < -0.39 is 11.7 Å². The second kappa shape index (κ2) is 4.72. The van der Waals surface area contributed by atoms with Crippen LogP contribution in [0.5, 0.6) is 0 Å². The number of hydrogen-bond donors (Lipinski definition) is 2. The Balaban J connectivity index is 2.33. The number of aryl methyl sites for hydroxylation is 2. The molecule has 0 radical (unpaired) electrons. The maximum Gasteiger partial charge on any atom is 0.259 e. The number of aromatic nitrogens is 2. The lowest BCUT2D eigenvalue weighted by Gasteiger charge is -2.07. The van der Waals surface area contributed by atoms with Crippen molar-refractivity contribution in [2.75, 3.05) is 11.1 Å². The summed E-state index contributed by atoms with van der Waals surface area (Å²) in [7, 11) is 1.75. The van der Waals surface area contributed by atoms with Crippen molar-refractivity contribution in [3.05, 3.63) is 41.0 Å². The normalized spacial score (nSPS) is 10.5. The van der Waals surface area contributed by atoms with Gasteiger partial charge < -0.3 is 11.1 Å². The van der Waals surface area contributed by atoms with Gasteiger partial charge in [-0.25, -0.2) is 4.39 Å². The third kappa shape index (κ3) is 2.42. The van der Waals surface area contributed by atoms with E-state index in [-0.39, 0.29) is 5.69 Å². The van der Waals surface area contributed by atoms with Crippen LogP contribution in [0.1, 0.15) is 21.7 Å². The summed E-state index contributed by atoms with van der Waals surface area (Å²) in [6, 6.07) is 4.04. The molecule has 0 fully saturated rings. The minimum atomic E-state index is -0.526. The number of nitrogens with two attached hydrogens (primary N) is 1. The van der Waals surface area contributed by atoms with E-state index in [4.69, 9.17) is 5.73 Å². The van der Waals surface area contributed by atoms with Crippen LogP contribution in [0.4, 0.5) is 15.8 Å². The summed E-state index contributed by atoms with van der Waals surface area (Å²) >= 11 is 0. The summed E-state index contributed by atoms with van der Waals surface area (Å²) in [5.74, 6) is -0.922. The van der Waals surface area contributed by atoms with Gasteiger partial charge in [-0.2, -0.15) is 5.10 Å². The second-order valence-electron chi connectivity index (χ2n) is 4.36. The van der Waals surface area contributed by atoms with Gasteiger partial charge in [0, 0.05) is 18.4 Å². The molecular weight excluding hydrogens is 247 g/mol. The highest BCUT2D eigenvalue weighted by Gasteiger charge is 2.18. The molecule has 0 spiro atoms. The van der Waals surface area contributed by atoms with Crippen molar-refractivity contribution in [1.82, 2.24) is 9.78 Å². The largest absolute Gasteiger partial charge is 0.399 e. The number of carbonyl (C=O) groups excluding carboxylic acids is 1. The average molecular weight is 262 g/mol. The number of nitrogen functional groups attached to an aromatic ring is 1. The van der Waals surface area contributed by atoms with Crippen LogP contribution in [0.3, 0.4) is 0 Å². The summed E-state index contributed by atoms with van der Waals surface area (Å²) in [6.07, 6.45) is 0. The van der Waals surface area contributed by atoms with E-state index in [1.54, 1.807) is 25.6 Å². The van der Waals surface area contributed by atoms with Crippen molar-refractivity contribution < 1.29 is 9.18 Å². The molecule has 2 rings (SSSR count).